The Balaban J connectivity index is 0.00000205. The lowest BCUT2D eigenvalue weighted by Crippen LogP contribution is -2.49. The SMILES string of the molecule is CC.CC(C)C(NC(=O)C(C)(F)F)[C@H](Oc1cc2cnn(-c3ccc(=O)n(C)c3)c2cc1Cl)c1ccccc1. The number of ether oxygens (including phenoxy) is 1. The number of aromatic nitrogens is 3. The van der Waals surface area contributed by atoms with E-state index in [2.05, 4.69) is 10.4 Å². The van der Waals surface area contributed by atoms with E-state index in [1.807, 2.05) is 33.8 Å². The lowest BCUT2D eigenvalue weighted by Gasteiger charge is -2.32. The number of nitrogens with zero attached hydrogens (tertiary/aromatic N) is 3. The summed E-state index contributed by atoms with van der Waals surface area (Å²) in [4.78, 5) is 24.0. The van der Waals surface area contributed by atoms with Gasteiger partial charge in [-0.15, -0.1) is 0 Å². The number of carbonyl (C=O) groups excluding carboxylic acids is 1. The maximum Gasteiger partial charge on any atom is 0.321 e. The predicted octanol–water partition coefficient (Wildman–Crippen LogP) is 6.32. The van der Waals surface area contributed by atoms with Crippen molar-refractivity contribution < 1.29 is 18.3 Å². The van der Waals surface area contributed by atoms with Crippen molar-refractivity contribution in [2.24, 2.45) is 13.0 Å². The van der Waals surface area contributed by atoms with Gasteiger partial charge in [-0.05, 0) is 29.7 Å². The van der Waals surface area contributed by atoms with Gasteiger partial charge in [0.25, 0.3) is 5.91 Å². The Morgan fingerprint density at radius 1 is 1.10 bits per heavy atom. The third-order valence-electron chi connectivity index (χ3n) is 6.06. The number of aryl methyl sites for hydroxylation is 1. The Labute approximate surface area is 231 Å². The van der Waals surface area contributed by atoms with Crippen LogP contribution in [0.15, 0.2) is 71.8 Å². The van der Waals surface area contributed by atoms with Crippen molar-refractivity contribution in [1.29, 1.82) is 0 Å². The van der Waals surface area contributed by atoms with Gasteiger partial charge < -0.3 is 14.6 Å². The highest BCUT2D eigenvalue weighted by atomic mass is 35.5. The molecule has 0 fully saturated rings. The van der Waals surface area contributed by atoms with Crippen LogP contribution in [0, 0.1) is 5.92 Å². The van der Waals surface area contributed by atoms with E-state index in [1.165, 1.54) is 10.6 Å². The average Bonchev–Trinajstić information content (AvgIpc) is 3.31. The summed E-state index contributed by atoms with van der Waals surface area (Å²) in [6.07, 6.45) is 2.50. The molecule has 7 nitrogen and oxygen atoms in total. The second-order valence-corrected chi connectivity index (χ2v) is 9.72. The highest BCUT2D eigenvalue weighted by molar-refractivity contribution is 6.32. The Hall–Kier alpha value is -3.72. The number of hydrogen-bond donors (Lipinski definition) is 1. The van der Waals surface area contributed by atoms with Gasteiger partial charge in [0.05, 0.1) is 28.5 Å². The van der Waals surface area contributed by atoms with Crippen molar-refractivity contribution in [3.05, 3.63) is 87.9 Å². The van der Waals surface area contributed by atoms with Crippen LogP contribution in [0.2, 0.25) is 5.02 Å². The number of halogens is 3. The zero-order chi connectivity index (χ0) is 28.9. The van der Waals surface area contributed by atoms with Crippen LogP contribution in [0.4, 0.5) is 8.78 Å². The normalized spacial score (nSPS) is 13.0. The zero-order valence-corrected chi connectivity index (χ0v) is 23.5. The summed E-state index contributed by atoms with van der Waals surface area (Å²) in [6.45, 7) is 8.20. The third-order valence-corrected chi connectivity index (χ3v) is 6.35. The summed E-state index contributed by atoms with van der Waals surface area (Å²) < 4.78 is 37.0. The number of nitrogens with one attached hydrogen (secondary N) is 1. The molecule has 2 aromatic carbocycles. The van der Waals surface area contributed by atoms with Crippen LogP contribution in [0.3, 0.4) is 0 Å². The average molecular weight is 559 g/mol. The Morgan fingerprint density at radius 2 is 1.77 bits per heavy atom. The lowest BCUT2D eigenvalue weighted by atomic mass is 9.92. The van der Waals surface area contributed by atoms with Crippen molar-refractivity contribution in [3.63, 3.8) is 0 Å². The number of fused-ring (bicyclic) bond motifs is 1. The Bertz CT molecular complexity index is 1480. The molecule has 0 aliphatic rings. The molecule has 4 aromatic rings. The second kappa shape index (κ2) is 12.4. The number of amides is 1. The lowest BCUT2D eigenvalue weighted by molar-refractivity contribution is -0.145. The van der Waals surface area contributed by atoms with Crippen LogP contribution in [0.5, 0.6) is 5.75 Å². The van der Waals surface area contributed by atoms with Crippen LogP contribution in [-0.4, -0.2) is 32.2 Å². The molecule has 0 saturated heterocycles. The fourth-order valence-electron chi connectivity index (χ4n) is 4.03. The number of alkyl halides is 2. The number of carbonyl (C=O) groups is 1. The molecule has 208 valence electrons. The molecule has 0 bridgehead atoms. The van der Waals surface area contributed by atoms with Gasteiger partial charge in [-0.25, -0.2) is 4.68 Å². The highest BCUT2D eigenvalue weighted by Gasteiger charge is 2.38. The highest BCUT2D eigenvalue weighted by Crippen LogP contribution is 2.36. The standard InChI is InChI=1S/C27H27ClF2N4O3.C2H6/c1-16(2)24(32-26(36)27(3,29)30)25(17-8-6-5-7-9-17)37-22-12-18-14-31-34(21(18)13-20(22)28)19-10-11-23(35)33(4)15-19;1-2/h5-16,24-25H,1-4H3,(H,32,36);1-2H3/t24?,25-;/m1./s1. The van der Waals surface area contributed by atoms with E-state index in [0.717, 1.165) is 0 Å². The Kier molecular flexibility index (Phi) is 9.50. The third kappa shape index (κ3) is 6.84. The van der Waals surface area contributed by atoms with Crippen LogP contribution >= 0.6 is 11.6 Å². The molecule has 0 spiro atoms. The quantitative estimate of drug-likeness (QED) is 0.274. The zero-order valence-electron chi connectivity index (χ0n) is 22.8. The molecule has 0 aliphatic heterocycles. The smallest absolute Gasteiger partial charge is 0.321 e. The molecular formula is C29H33ClF2N4O3. The fraction of sp³-hybridized carbons (Fsp3) is 0.345. The van der Waals surface area contributed by atoms with Crippen molar-refractivity contribution in [1.82, 2.24) is 19.7 Å². The first-order valence-corrected chi connectivity index (χ1v) is 13.1. The molecule has 2 aromatic heterocycles. The van der Waals surface area contributed by atoms with Crippen molar-refractivity contribution in [2.45, 2.75) is 52.7 Å². The van der Waals surface area contributed by atoms with Gasteiger partial charge in [-0.2, -0.15) is 13.9 Å². The van der Waals surface area contributed by atoms with E-state index in [1.54, 1.807) is 66.6 Å². The van der Waals surface area contributed by atoms with Gasteiger partial charge in [-0.1, -0.05) is 69.6 Å². The minimum atomic E-state index is -3.54. The van der Waals surface area contributed by atoms with E-state index >= 15 is 0 Å². The minimum absolute atomic E-state index is 0.145. The molecule has 1 N–H and O–H groups in total. The van der Waals surface area contributed by atoms with Crippen LogP contribution in [0.1, 0.15) is 46.3 Å². The number of benzene rings is 2. The topological polar surface area (TPSA) is 78.2 Å². The van der Waals surface area contributed by atoms with E-state index < -0.39 is 24.0 Å². The Morgan fingerprint density at radius 3 is 2.36 bits per heavy atom. The molecule has 10 heteroatoms. The summed E-state index contributed by atoms with van der Waals surface area (Å²) >= 11 is 6.64. The molecule has 0 radical (unpaired) electrons. The molecule has 1 unspecified atom stereocenters. The van der Waals surface area contributed by atoms with Crippen LogP contribution in [0.25, 0.3) is 16.6 Å². The van der Waals surface area contributed by atoms with E-state index in [-0.39, 0.29) is 16.5 Å². The van der Waals surface area contributed by atoms with Gasteiger partial charge in [0.15, 0.2) is 0 Å². The van der Waals surface area contributed by atoms with E-state index in [9.17, 15) is 18.4 Å². The molecule has 1 amide bonds. The van der Waals surface area contributed by atoms with Gasteiger partial charge in [0.1, 0.15) is 11.9 Å². The van der Waals surface area contributed by atoms with Crippen LogP contribution < -0.4 is 15.6 Å². The first-order chi connectivity index (χ1) is 18.5. The van der Waals surface area contributed by atoms with Crippen molar-refractivity contribution in [2.75, 3.05) is 0 Å². The summed E-state index contributed by atoms with van der Waals surface area (Å²) in [5.41, 5.74) is 1.91. The van der Waals surface area contributed by atoms with Gasteiger partial charge in [-0.3, -0.25) is 9.59 Å². The largest absolute Gasteiger partial charge is 0.482 e. The van der Waals surface area contributed by atoms with Gasteiger partial charge >= 0.3 is 5.92 Å². The minimum Gasteiger partial charge on any atom is -0.482 e. The molecule has 39 heavy (non-hydrogen) atoms. The van der Waals surface area contributed by atoms with E-state index in [4.69, 9.17) is 16.3 Å². The number of rotatable bonds is 8. The molecule has 2 heterocycles. The summed E-state index contributed by atoms with van der Waals surface area (Å²) in [6, 6.07) is 14.8. The second-order valence-electron chi connectivity index (χ2n) is 9.32. The molecule has 0 aliphatic carbocycles. The van der Waals surface area contributed by atoms with Crippen molar-refractivity contribution in [3.8, 4) is 11.4 Å². The first-order valence-electron chi connectivity index (χ1n) is 12.7. The van der Waals surface area contributed by atoms with Crippen LogP contribution in [-0.2, 0) is 11.8 Å². The molecule has 2 atom stereocenters. The fourth-order valence-corrected chi connectivity index (χ4v) is 4.23. The molecule has 0 saturated carbocycles. The predicted molar refractivity (Wildman–Crippen MR) is 150 cm³/mol. The molecule has 4 rings (SSSR count). The van der Waals surface area contributed by atoms with E-state index in [0.29, 0.717) is 34.8 Å². The van der Waals surface area contributed by atoms with Gasteiger partial charge in [0, 0.05) is 31.6 Å². The monoisotopic (exact) mass is 558 g/mol. The summed E-state index contributed by atoms with van der Waals surface area (Å²) in [5.74, 6) is -4.85. The summed E-state index contributed by atoms with van der Waals surface area (Å²) in [5, 5.41) is 7.88. The maximum atomic E-state index is 13.8. The first kappa shape index (κ1) is 29.8. The van der Waals surface area contributed by atoms with Crippen molar-refractivity contribution >= 4 is 28.4 Å². The summed E-state index contributed by atoms with van der Waals surface area (Å²) in [7, 11) is 1.65. The molecular weight excluding hydrogens is 526 g/mol. The number of pyridine rings is 1. The van der Waals surface area contributed by atoms with Gasteiger partial charge in [0.2, 0.25) is 5.56 Å². The maximum absolute atomic E-state index is 13.8. The number of hydrogen-bond acceptors (Lipinski definition) is 4.